The summed E-state index contributed by atoms with van der Waals surface area (Å²) in [5, 5.41) is 1.36. The summed E-state index contributed by atoms with van der Waals surface area (Å²) < 4.78 is 25.5. The lowest BCUT2D eigenvalue weighted by atomic mass is 10.2. The third-order valence-electron chi connectivity index (χ3n) is 6.00. The van der Waals surface area contributed by atoms with Gasteiger partial charge in [-0.15, -0.1) is 11.3 Å². The molecule has 2 aliphatic rings. The van der Waals surface area contributed by atoms with Gasteiger partial charge in [0.15, 0.2) is 15.0 Å². The van der Waals surface area contributed by atoms with E-state index in [1.807, 2.05) is 13.8 Å². The number of aryl methyl sites for hydroxylation is 2. The third kappa shape index (κ3) is 4.57. The predicted octanol–water partition coefficient (Wildman–Crippen LogP) is 2.87. The van der Waals surface area contributed by atoms with Crippen LogP contribution in [0.1, 0.15) is 50.0 Å². The smallest absolute Gasteiger partial charge is 0.263 e. The number of hydrogen-bond acceptors (Lipinski definition) is 7. The number of fused-ring (bicyclic) bond motifs is 3. The van der Waals surface area contributed by atoms with E-state index in [2.05, 4.69) is 0 Å². The second-order valence-electron chi connectivity index (χ2n) is 8.32. The summed E-state index contributed by atoms with van der Waals surface area (Å²) >= 11 is 2.91. The second-order valence-corrected chi connectivity index (χ2v) is 12.6. The summed E-state index contributed by atoms with van der Waals surface area (Å²) in [5.41, 5.74) is 1.18. The molecule has 0 aromatic carbocycles. The minimum Gasteiger partial charge on any atom is -0.338 e. The number of thioether (sulfide) groups is 1. The Bertz CT molecular complexity index is 1150. The van der Waals surface area contributed by atoms with Crippen LogP contribution >= 0.6 is 23.1 Å². The zero-order chi connectivity index (χ0) is 22.2. The number of amides is 1. The summed E-state index contributed by atoms with van der Waals surface area (Å²) in [4.78, 5) is 34.9. The van der Waals surface area contributed by atoms with Crippen LogP contribution in [0.15, 0.2) is 9.95 Å². The SMILES string of the molecule is CCCN(C(=O)CSc1nc2sc3c(c2c(=O)n1CCC)CCC3)C1CCS(=O)(=O)C1. The molecule has 1 aliphatic heterocycles. The van der Waals surface area contributed by atoms with E-state index in [1.54, 1.807) is 20.8 Å². The fraction of sp³-hybridized carbons (Fsp3) is 0.667. The summed E-state index contributed by atoms with van der Waals surface area (Å²) in [7, 11) is -3.06. The van der Waals surface area contributed by atoms with Gasteiger partial charge in [0.05, 0.1) is 22.6 Å². The highest BCUT2D eigenvalue weighted by Crippen LogP contribution is 2.35. The molecule has 2 aromatic rings. The Morgan fingerprint density at radius 2 is 2.10 bits per heavy atom. The number of aromatic nitrogens is 2. The van der Waals surface area contributed by atoms with Gasteiger partial charge in [0.25, 0.3) is 5.56 Å². The van der Waals surface area contributed by atoms with Crippen molar-refractivity contribution in [3.63, 3.8) is 0 Å². The van der Waals surface area contributed by atoms with Crippen LogP contribution in [0, 0.1) is 0 Å². The molecule has 1 amide bonds. The number of hydrogen-bond donors (Lipinski definition) is 0. The van der Waals surface area contributed by atoms with Crippen molar-refractivity contribution in [3.05, 3.63) is 20.8 Å². The van der Waals surface area contributed by atoms with Crippen LogP contribution in [0.5, 0.6) is 0 Å². The molecule has 7 nitrogen and oxygen atoms in total. The molecule has 0 bridgehead atoms. The van der Waals surface area contributed by atoms with E-state index >= 15 is 0 Å². The van der Waals surface area contributed by atoms with Gasteiger partial charge in [0.1, 0.15) is 4.83 Å². The van der Waals surface area contributed by atoms with Crippen molar-refractivity contribution >= 4 is 49.1 Å². The standard InChI is InChI=1S/C21H29N3O4S3/c1-3-9-23(14-8-11-31(27,28)13-14)17(25)12-29-21-22-19-18(20(26)24(21)10-4-2)15-6-5-7-16(15)30-19/h14H,3-13H2,1-2H3. The van der Waals surface area contributed by atoms with Crippen LogP contribution in [0.25, 0.3) is 10.2 Å². The molecule has 1 fully saturated rings. The van der Waals surface area contributed by atoms with Gasteiger partial charge < -0.3 is 4.90 Å². The van der Waals surface area contributed by atoms with E-state index in [4.69, 9.17) is 4.98 Å². The first-order chi connectivity index (χ1) is 14.8. The number of thiophene rings is 1. The van der Waals surface area contributed by atoms with Crippen molar-refractivity contribution in [1.29, 1.82) is 0 Å². The van der Waals surface area contributed by atoms with Gasteiger partial charge in [-0.25, -0.2) is 13.4 Å². The molecule has 3 heterocycles. The molecule has 0 saturated carbocycles. The molecule has 4 rings (SSSR count). The fourth-order valence-electron chi connectivity index (χ4n) is 4.57. The minimum absolute atomic E-state index is 0.00787. The first kappa shape index (κ1) is 22.8. The Kier molecular flexibility index (Phi) is 6.79. The zero-order valence-corrected chi connectivity index (χ0v) is 20.5. The van der Waals surface area contributed by atoms with Crippen molar-refractivity contribution in [2.45, 2.75) is 70.1 Å². The number of carbonyl (C=O) groups is 1. The largest absolute Gasteiger partial charge is 0.338 e. The van der Waals surface area contributed by atoms with E-state index < -0.39 is 9.84 Å². The molecule has 10 heteroatoms. The molecule has 1 saturated heterocycles. The quantitative estimate of drug-likeness (QED) is 0.424. The summed E-state index contributed by atoms with van der Waals surface area (Å²) in [6, 6.07) is -0.244. The monoisotopic (exact) mass is 483 g/mol. The van der Waals surface area contributed by atoms with Crippen LogP contribution in [0.2, 0.25) is 0 Å². The minimum atomic E-state index is -3.06. The van der Waals surface area contributed by atoms with Gasteiger partial charge in [-0.05, 0) is 44.1 Å². The van der Waals surface area contributed by atoms with Crippen molar-refractivity contribution in [2.75, 3.05) is 23.8 Å². The lowest BCUT2D eigenvalue weighted by molar-refractivity contribution is -0.130. The average molecular weight is 484 g/mol. The first-order valence-corrected chi connectivity index (χ1v) is 14.6. The summed E-state index contributed by atoms with van der Waals surface area (Å²) in [5.74, 6) is 0.272. The Hall–Kier alpha value is -1.39. The predicted molar refractivity (Wildman–Crippen MR) is 126 cm³/mol. The van der Waals surface area contributed by atoms with Crippen molar-refractivity contribution < 1.29 is 13.2 Å². The molecular formula is C21H29N3O4S3. The highest BCUT2D eigenvalue weighted by molar-refractivity contribution is 7.99. The summed E-state index contributed by atoms with van der Waals surface area (Å²) in [6.45, 7) is 5.13. The Balaban J connectivity index is 1.58. The van der Waals surface area contributed by atoms with Crippen LogP contribution in [0.3, 0.4) is 0 Å². The maximum absolute atomic E-state index is 13.3. The Morgan fingerprint density at radius 1 is 1.29 bits per heavy atom. The van der Waals surface area contributed by atoms with Crippen molar-refractivity contribution in [1.82, 2.24) is 14.5 Å². The highest BCUT2D eigenvalue weighted by Gasteiger charge is 2.34. The van der Waals surface area contributed by atoms with Gasteiger partial charge in [-0.2, -0.15) is 0 Å². The van der Waals surface area contributed by atoms with Gasteiger partial charge in [-0.1, -0.05) is 25.6 Å². The van der Waals surface area contributed by atoms with Crippen LogP contribution < -0.4 is 5.56 Å². The van der Waals surface area contributed by atoms with Gasteiger partial charge in [0.2, 0.25) is 5.91 Å². The number of sulfone groups is 1. The Labute approximate surface area is 191 Å². The van der Waals surface area contributed by atoms with Crippen LogP contribution in [-0.4, -0.2) is 58.6 Å². The molecule has 0 spiro atoms. The van der Waals surface area contributed by atoms with Crippen LogP contribution in [-0.2, 0) is 34.0 Å². The normalized spacial score (nSPS) is 19.7. The molecule has 0 radical (unpaired) electrons. The molecule has 1 atom stereocenters. The van der Waals surface area contributed by atoms with E-state index in [0.717, 1.165) is 42.3 Å². The van der Waals surface area contributed by atoms with E-state index in [-0.39, 0.29) is 34.8 Å². The lowest BCUT2D eigenvalue weighted by Gasteiger charge is -2.28. The number of carbonyl (C=O) groups excluding carboxylic acids is 1. The van der Waals surface area contributed by atoms with Crippen LogP contribution in [0.4, 0.5) is 0 Å². The zero-order valence-electron chi connectivity index (χ0n) is 18.1. The molecule has 31 heavy (non-hydrogen) atoms. The average Bonchev–Trinajstić information content (AvgIpc) is 3.40. The lowest BCUT2D eigenvalue weighted by Crippen LogP contribution is -2.42. The van der Waals surface area contributed by atoms with Crippen molar-refractivity contribution in [3.8, 4) is 0 Å². The highest BCUT2D eigenvalue weighted by atomic mass is 32.2. The molecule has 1 aliphatic carbocycles. The molecule has 2 aromatic heterocycles. The van der Waals surface area contributed by atoms with E-state index in [1.165, 1.54) is 22.2 Å². The molecule has 170 valence electrons. The topological polar surface area (TPSA) is 89.3 Å². The van der Waals surface area contributed by atoms with E-state index in [0.29, 0.717) is 24.7 Å². The fourth-order valence-corrected chi connectivity index (χ4v) is 8.52. The van der Waals surface area contributed by atoms with Gasteiger partial charge >= 0.3 is 0 Å². The number of nitrogens with zero attached hydrogens (tertiary/aromatic N) is 3. The first-order valence-electron chi connectivity index (χ1n) is 11.0. The number of rotatable bonds is 8. The molecule has 0 N–H and O–H groups in total. The van der Waals surface area contributed by atoms with Gasteiger partial charge in [0, 0.05) is 24.0 Å². The maximum Gasteiger partial charge on any atom is 0.263 e. The third-order valence-corrected chi connectivity index (χ3v) is 9.89. The molecular weight excluding hydrogens is 454 g/mol. The Morgan fingerprint density at radius 3 is 2.77 bits per heavy atom. The van der Waals surface area contributed by atoms with Gasteiger partial charge in [-0.3, -0.25) is 14.2 Å². The molecule has 1 unspecified atom stereocenters. The summed E-state index contributed by atoms with van der Waals surface area (Å²) in [6.07, 6.45) is 5.14. The second kappa shape index (κ2) is 9.23. The van der Waals surface area contributed by atoms with E-state index in [9.17, 15) is 18.0 Å². The van der Waals surface area contributed by atoms with Crippen molar-refractivity contribution in [2.24, 2.45) is 0 Å². The maximum atomic E-state index is 13.3.